The molecule has 0 amide bonds. The summed E-state index contributed by atoms with van der Waals surface area (Å²) in [6, 6.07) is 8.56. The largest absolute Gasteiger partial charge is 0.491 e. The average Bonchev–Trinajstić information content (AvgIpc) is 2.40. The summed E-state index contributed by atoms with van der Waals surface area (Å²) in [6.07, 6.45) is 4.77. The van der Waals surface area contributed by atoms with Crippen molar-refractivity contribution in [2.75, 3.05) is 11.9 Å². The number of benzene rings is 1. The van der Waals surface area contributed by atoms with Gasteiger partial charge in [0.05, 0.1) is 18.4 Å². The molecule has 1 saturated carbocycles. The predicted molar refractivity (Wildman–Crippen MR) is 74.1 cm³/mol. The smallest absolute Gasteiger partial charge is 0.142 e. The van der Waals surface area contributed by atoms with Gasteiger partial charge in [0, 0.05) is 6.04 Å². The van der Waals surface area contributed by atoms with E-state index in [-0.39, 0.29) is 6.10 Å². The van der Waals surface area contributed by atoms with Crippen molar-refractivity contribution in [1.29, 1.82) is 0 Å². The lowest BCUT2D eigenvalue weighted by Gasteiger charge is -2.27. The van der Waals surface area contributed by atoms with Crippen LogP contribution in [0.1, 0.15) is 39.0 Å². The molecule has 0 atom stereocenters. The van der Waals surface area contributed by atoms with E-state index in [0.29, 0.717) is 6.04 Å². The minimum atomic E-state index is -0.102. The monoisotopic (exact) mass is 249 g/mol. The van der Waals surface area contributed by atoms with Crippen molar-refractivity contribution >= 4 is 5.69 Å². The zero-order valence-electron chi connectivity index (χ0n) is 11.1. The number of hydrogen-bond donors (Lipinski definition) is 2. The quantitative estimate of drug-likeness (QED) is 0.842. The highest BCUT2D eigenvalue weighted by Gasteiger charge is 2.19. The van der Waals surface area contributed by atoms with Gasteiger partial charge in [-0.15, -0.1) is 0 Å². The van der Waals surface area contributed by atoms with Crippen LogP contribution in [0.4, 0.5) is 5.69 Å². The molecule has 0 aliphatic heterocycles. The Morgan fingerprint density at radius 3 is 2.67 bits per heavy atom. The lowest BCUT2D eigenvalue weighted by molar-refractivity contribution is 0.126. The van der Waals surface area contributed by atoms with E-state index in [4.69, 9.17) is 4.74 Å². The lowest BCUT2D eigenvalue weighted by atomic mass is 9.93. The molecule has 18 heavy (non-hydrogen) atoms. The molecular formula is C15H23NO2. The summed E-state index contributed by atoms with van der Waals surface area (Å²) in [5.74, 6) is 0.936. The Morgan fingerprint density at radius 2 is 1.94 bits per heavy atom. The van der Waals surface area contributed by atoms with E-state index in [1.54, 1.807) is 0 Å². The summed E-state index contributed by atoms with van der Waals surface area (Å²) in [5, 5.41) is 13.1. The first-order valence-corrected chi connectivity index (χ1v) is 6.96. The molecule has 0 saturated heterocycles. The van der Waals surface area contributed by atoms with Gasteiger partial charge in [0.15, 0.2) is 0 Å². The molecule has 1 aliphatic rings. The van der Waals surface area contributed by atoms with Crippen LogP contribution in [-0.4, -0.2) is 23.9 Å². The van der Waals surface area contributed by atoms with Crippen LogP contribution in [0.25, 0.3) is 0 Å². The summed E-state index contributed by atoms with van der Waals surface area (Å²) in [7, 11) is 0. The Bertz CT molecular complexity index is 359. The zero-order chi connectivity index (χ0) is 12.8. The third-order valence-electron chi connectivity index (χ3n) is 3.41. The van der Waals surface area contributed by atoms with Crippen LogP contribution >= 0.6 is 0 Å². The molecule has 0 spiro atoms. The fourth-order valence-corrected chi connectivity index (χ4v) is 2.36. The van der Waals surface area contributed by atoms with E-state index >= 15 is 0 Å². The second kappa shape index (κ2) is 6.64. The van der Waals surface area contributed by atoms with Crippen molar-refractivity contribution in [3.63, 3.8) is 0 Å². The molecule has 2 N–H and O–H groups in total. The van der Waals surface area contributed by atoms with Crippen molar-refractivity contribution in [1.82, 2.24) is 0 Å². The molecule has 100 valence electrons. The van der Waals surface area contributed by atoms with Gasteiger partial charge in [-0.25, -0.2) is 0 Å². The first-order valence-electron chi connectivity index (χ1n) is 6.96. The van der Waals surface area contributed by atoms with E-state index in [1.807, 2.05) is 18.2 Å². The maximum atomic E-state index is 9.51. The molecule has 0 bridgehead atoms. The van der Waals surface area contributed by atoms with Gasteiger partial charge >= 0.3 is 0 Å². The number of nitrogens with one attached hydrogen (secondary N) is 1. The van der Waals surface area contributed by atoms with Crippen LogP contribution in [0.5, 0.6) is 5.75 Å². The van der Waals surface area contributed by atoms with Crippen molar-refractivity contribution in [2.45, 2.75) is 51.2 Å². The average molecular weight is 249 g/mol. The van der Waals surface area contributed by atoms with Gasteiger partial charge in [0.25, 0.3) is 0 Å². The molecule has 3 heteroatoms. The van der Waals surface area contributed by atoms with Crippen molar-refractivity contribution < 1.29 is 9.84 Å². The second-order valence-electron chi connectivity index (χ2n) is 4.99. The SMILES string of the molecule is CCCOc1ccccc1NC1CCC(O)CC1. The maximum Gasteiger partial charge on any atom is 0.142 e. The lowest BCUT2D eigenvalue weighted by Crippen LogP contribution is -2.28. The Morgan fingerprint density at radius 1 is 1.22 bits per heavy atom. The van der Waals surface area contributed by atoms with E-state index in [1.165, 1.54) is 0 Å². The third-order valence-corrected chi connectivity index (χ3v) is 3.41. The second-order valence-corrected chi connectivity index (χ2v) is 4.99. The molecule has 0 radical (unpaired) electrons. The van der Waals surface area contributed by atoms with Crippen LogP contribution in [0.2, 0.25) is 0 Å². The summed E-state index contributed by atoms with van der Waals surface area (Å²) < 4.78 is 5.74. The summed E-state index contributed by atoms with van der Waals surface area (Å²) >= 11 is 0. The minimum Gasteiger partial charge on any atom is -0.491 e. The number of aliphatic hydroxyl groups excluding tert-OH is 1. The van der Waals surface area contributed by atoms with Crippen LogP contribution in [0.3, 0.4) is 0 Å². The summed E-state index contributed by atoms with van der Waals surface area (Å²) in [4.78, 5) is 0. The van der Waals surface area contributed by atoms with E-state index in [9.17, 15) is 5.11 Å². The van der Waals surface area contributed by atoms with Gasteiger partial charge in [-0.3, -0.25) is 0 Å². The van der Waals surface area contributed by atoms with Gasteiger partial charge in [0.2, 0.25) is 0 Å². The Balaban J connectivity index is 1.95. The van der Waals surface area contributed by atoms with Gasteiger partial charge in [-0.05, 0) is 44.2 Å². The standard InChI is InChI=1S/C15H23NO2/c1-2-11-18-15-6-4-3-5-14(15)16-12-7-9-13(17)10-8-12/h3-6,12-13,16-17H,2,7-11H2,1H3. The molecule has 0 unspecified atom stereocenters. The first-order chi connectivity index (χ1) is 8.79. The highest BCUT2D eigenvalue weighted by molar-refractivity contribution is 5.56. The predicted octanol–water partition coefficient (Wildman–Crippen LogP) is 3.19. The van der Waals surface area contributed by atoms with Crippen LogP contribution in [0, 0.1) is 0 Å². The first kappa shape index (κ1) is 13.2. The number of rotatable bonds is 5. The number of ether oxygens (including phenoxy) is 1. The zero-order valence-corrected chi connectivity index (χ0v) is 11.1. The Labute approximate surface area is 109 Å². The Kier molecular flexibility index (Phi) is 4.88. The maximum absolute atomic E-state index is 9.51. The minimum absolute atomic E-state index is 0.102. The fraction of sp³-hybridized carbons (Fsp3) is 0.600. The molecule has 1 aliphatic carbocycles. The van der Waals surface area contributed by atoms with Gasteiger partial charge in [-0.1, -0.05) is 19.1 Å². The fourth-order valence-electron chi connectivity index (χ4n) is 2.36. The number of hydrogen-bond acceptors (Lipinski definition) is 3. The molecule has 1 fully saturated rings. The van der Waals surface area contributed by atoms with E-state index < -0.39 is 0 Å². The molecule has 2 rings (SSSR count). The molecule has 1 aromatic carbocycles. The normalized spacial score (nSPS) is 23.7. The topological polar surface area (TPSA) is 41.5 Å². The summed E-state index contributed by atoms with van der Waals surface area (Å²) in [6.45, 7) is 2.86. The molecular weight excluding hydrogens is 226 g/mol. The van der Waals surface area contributed by atoms with Crippen LogP contribution in [-0.2, 0) is 0 Å². The number of aliphatic hydroxyl groups is 1. The number of para-hydroxylation sites is 2. The van der Waals surface area contributed by atoms with Gasteiger partial charge in [-0.2, -0.15) is 0 Å². The molecule has 3 nitrogen and oxygen atoms in total. The molecule has 0 heterocycles. The summed E-state index contributed by atoms with van der Waals surface area (Å²) in [5.41, 5.74) is 1.08. The van der Waals surface area contributed by atoms with E-state index in [2.05, 4.69) is 18.3 Å². The van der Waals surface area contributed by atoms with Gasteiger partial charge < -0.3 is 15.2 Å². The van der Waals surface area contributed by atoms with Crippen molar-refractivity contribution in [3.8, 4) is 5.75 Å². The van der Waals surface area contributed by atoms with Crippen molar-refractivity contribution in [2.24, 2.45) is 0 Å². The molecule has 0 aromatic heterocycles. The molecule has 1 aromatic rings. The van der Waals surface area contributed by atoms with Crippen LogP contribution in [0.15, 0.2) is 24.3 Å². The van der Waals surface area contributed by atoms with Gasteiger partial charge in [0.1, 0.15) is 5.75 Å². The third kappa shape index (κ3) is 3.64. The Hall–Kier alpha value is -1.22. The van der Waals surface area contributed by atoms with Crippen molar-refractivity contribution in [3.05, 3.63) is 24.3 Å². The highest BCUT2D eigenvalue weighted by Crippen LogP contribution is 2.28. The van der Waals surface area contributed by atoms with E-state index in [0.717, 1.165) is 50.1 Å². The number of anilines is 1. The highest BCUT2D eigenvalue weighted by atomic mass is 16.5. The van der Waals surface area contributed by atoms with Crippen LogP contribution < -0.4 is 10.1 Å².